The number of para-hydroxylation sites is 1. The molecule has 15 heteroatoms. The first kappa shape index (κ1) is 37.5. The van der Waals surface area contributed by atoms with E-state index in [9.17, 15) is 18.0 Å². The lowest BCUT2D eigenvalue weighted by Gasteiger charge is -2.25. The Morgan fingerprint density at radius 2 is 1.57 bits per heavy atom. The third-order valence-electron chi connectivity index (χ3n) is 6.27. The standard InChI is InChI=1S/C32H36N6O4.C2HF3O2/c1-4-40-28-18-26(27(19-29(28)42-21(2)3)41-20-25-12-8-9-17-35-25)30(32(39)38-37-24-10-6-5-7-11-24)36-23-15-13-22(14-16-23)31(33)34;3-2(4,5)1(6)7/h5-19,21,30,36-37H,4,20H2,1-3H3,(H3,33,34)(H,38,39);(H,6,7). The van der Waals surface area contributed by atoms with Crippen LogP contribution >= 0.6 is 0 Å². The van der Waals surface area contributed by atoms with Gasteiger partial charge in [-0.05, 0) is 75.4 Å². The Morgan fingerprint density at radius 1 is 0.918 bits per heavy atom. The van der Waals surface area contributed by atoms with E-state index in [1.54, 1.807) is 42.6 Å². The van der Waals surface area contributed by atoms with E-state index < -0.39 is 18.2 Å². The normalized spacial score (nSPS) is 11.3. The number of amides is 1. The summed E-state index contributed by atoms with van der Waals surface area (Å²) in [5.74, 6) is -1.78. The second kappa shape index (κ2) is 17.8. The van der Waals surface area contributed by atoms with E-state index in [-0.39, 0.29) is 24.5 Å². The molecule has 0 saturated carbocycles. The molecule has 3 aromatic carbocycles. The van der Waals surface area contributed by atoms with E-state index in [1.165, 1.54) is 0 Å². The number of hydrogen-bond acceptors (Lipinski definition) is 9. The lowest BCUT2D eigenvalue weighted by atomic mass is 10.0. The van der Waals surface area contributed by atoms with Crippen molar-refractivity contribution in [3.05, 3.63) is 108 Å². The highest BCUT2D eigenvalue weighted by molar-refractivity contribution is 5.95. The Hall–Kier alpha value is -5.99. The van der Waals surface area contributed by atoms with Crippen LogP contribution in [-0.4, -0.2) is 46.7 Å². The lowest BCUT2D eigenvalue weighted by Crippen LogP contribution is -2.37. The van der Waals surface area contributed by atoms with E-state index in [4.69, 9.17) is 35.3 Å². The average Bonchev–Trinajstić information content (AvgIpc) is 3.07. The number of alkyl halides is 3. The van der Waals surface area contributed by atoms with Crippen molar-refractivity contribution < 1.29 is 42.1 Å². The molecule has 0 aliphatic heterocycles. The fraction of sp³-hybridized carbons (Fsp3) is 0.235. The Bertz CT molecular complexity index is 1670. The minimum absolute atomic E-state index is 0.0461. The number of aliphatic carboxylic acids is 1. The molecule has 1 amide bonds. The Morgan fingerprint density at radius 3 is 2.12 bits per heavy atom. The highest BCUT2D eigenvalue weighted by Crippen LogP contribution is 2.40. The van der Waals surface area contributed by atoms with Crippen LogP contribution in [0.15, 0.2) is 91.1 Å². The van der Waals surface area contributed by atoms with Gasteiger partial charge in [-0.3, -0.25) is 26.0 Å². The van der Waals surface area contributed by atoms with Gasteiger partial charge in [0.2, 0.25) is 0 Å². The monoisotopic (exact) mass is 682 g/mol. The molecule has 49 heavy (non-hydrogen) atoms. The molecule has 0 aliphatic carbocycles. The SMILES string of the molecule is CCOc1cc(C(Nc2ccc(C(=N)N)cc2)C(=O)NNc2ccccc2)c(OCc2ccccn2)cc1OC(C)C.O=C(O)C(F)(F)F. The maximum Gasteiger partial charge on any atom is 0.490 e. The van der Waals surface area contributed by atoms with Gasteiger partial charge in [0, 0.05) is 29.1 Å². The minimum Gasteiger partial charge on any atom is -0.490 e. The van der Waals surface area contributed by atoms with Gasteiger partial charge in [0.05, 0.1) is 24.1 Å². The van der Waals surface area contributed by atoms with Crippen LogP contribution in [0.4, 0.5) is 24.5 Å². The van der Waals surface area contributed by atoms with E-state index in [0.29, 0.717) is 40.7 Å². The highest BCUT2D eigenvalue weighted by Gasteiger charge is 2.38. The predicted octanol–water partition coefficient (Wildman–Crippen LogP) is 6.06. The number of carboxylic acids is 1. The Balaban J connectivity index is 0.000000838. The van der Waals surface area contributed by atoms with Crippen LogP contribution in [0.5, 0.6) is 17.2 Å². The van der Waals surface area contributed by atoms with Gasteiger partial charge < -0.3 is 30.4 Å². The van der Waals surface area contributed by atoms with Crippen LogP contribution < -0.4 is 36.1 Å². The average molecular weight is 683 g/mol. The van der Waals surface area contributed by atoms with Crippen LogP contribution in [-0.2, 0) is 16.2 Å². The zero-order valence-electron chi connectivity index (χ0n) is 26.9. The second-order valence-corrected chi connectivity index (χ2v) is 10.4. The lowest BCUT2D eigenvalue weighted by molar-refractivity contribution is -0.192. The molecule has 7 N–H and O–H groups in total. The summed E-state index contributed by atoms with van der Waals surface area (Å²) in [5, 5.41) is 18.1. The predicted molar refractivity (Wildman–Crippen MR) is 178 cm³/mol. The summed E-state index contributed by atoms with van der Waals surface area (Å²) in [4.78, 5) is 27.1. The van der Waals surface area contributed by atoms with Crippen LogP contribution in [0.2, 0.25) is 0 Å². The molecule has 260 valence electrons. The maximum absolute atomic E-state index is 13.8. The van der Waals surface area contributed by atoms with E-state index in [0.717, 1.165) is 11.4 Å². The molecule has 4 rings (SSSR count). The summed E-state index contributed by atoms with van der Waals surface area (Å²) in [6.07, 6.45) is -3.51. The number of hydrazine groups is 1. The number of nitrogen functional groups attached to an aromatic ring is 1. The summed E-state index contributed by atoms with van der Waals surface area (Å²) in [5.41, 5.74) is 14.6. The first-order valence-corrected chi connectivity index (χ1v) is 14.9. The highest BCUT2D eigenvalue weighted by atomic mass is 19.4. The van der Waals surface area contributed by atoms with Crippen LogP contribution in [0, 0.1) is 5.41 Å². The van der Waals surface area contributed by atoms with Crippen molar-refractivity contribution >= 4 is 29.1 Å². The molecule has 1 atom stereocenters. The zero-order valence-corrected chi connectivity index (χ0v) is 26.9. The second-order valence-electron chi connectivity index (χ2n) is 10.4. The van der Waals surface area contributed by atoms with Crippen molar-refractivity contribution in [2.75, 3.05) is 17.3 Å². The number of carboxylic acid groups (broad SMARTS) is 1. The van der Waals surface area contributed by atoms with E-state index in [2.05, 4.69) is 21.2 Å². The van der Waals surface area contributed by atoms with E-state index in [1.807, 2.05) is 69.3 Å². The van der Waals surface area contributed by atoms with Gasteiger partial charge in [0.25, 0.3) is 5.91 Å². The largest absolute Gasteiger partial charge is 0.490 e. The fourth-order valence-electron chi connectivity index (χ4n) is 4.08. The van der Waals surface area contributed by atoms with Crippen molar-refractivity contribution in [3.8, 4) is 17.2 Å². The molecule has 0 spiro atoms. The van der Waals surface area contributed by atoms with Crippen LogP contribution in [0.1, 0.15) is 43.6 Å². The molecule has 4 aromatic rings. The third-order valence-corrected chi connectivity index (χ3v) is 6.27. The smallest absolute Gasteiger partial charge is 0.490 e. The van der Waals surface area contributed by atoms with Gasteiger partial charge >= 0.3 is 12.1 Å². The number of anilines is 2. The fourth-order valence-corrected chi connectivity index (χ4v) is 4.08. The quantitative estimate of drug-likeness (QED) is 0.0520. The van der Waals surface area contributed by atoms with Gasteiger partial charge in [0.1, 0.15) is 24.2 Å². The van der Waals surface area contributed by atoms with Gasteiger partial charge in [0.15, 0.2) is 11.5 Å². The van der Waals surface area contributed by atoms with Crippen LogP contribution in [0.3, 0.4) is 0 Å². The Kier molecular flexibility index (Phi) is 13.6. The van der Waals surface area contributed by atoms with Gasteiger partial charge in [-0.2, -0.15) is 13.2 Å². The molecule has 0 bridgehead atoms. The van der Waals surface area contributed by atoms with Crippen molar-refractivity contribution in [1.82, 2.24) is 10.4 Å². The summed E-state index contributed by atoms with van der Waals surface area (Å²) in [6.45, 7) is 6.31. The number of nitrogens with zero attached hydrogens (tertiary/aromatic N) is 1. The molecule has 1 aromatic heterocycles. The number of benzene rings is 3. The summed E-state index contributed by atoms with van der Waals surface area (Å²) >= 11 is 0. The van der Waals surface area contributed by atoms with Gasteiger partial charge in [-0.1, -0.05) is 24.3 Å². The van der Waals surface area contributed by atoms with Crippen molar-refractivity contribution in [2.45, 2.75) is 45.7 Å². The molecule has 1 unspecified atom stereocenters. The molecule has 12 nitrogen and oxygen atoms in total. The maximum atomic E-state index is 13.8. The summed E-state index contributed by atoms with van der Waals surface area (Å²) < 4.78 is 50.0. The number of nitrogens with one attached hydrogen (secondary N) is 4. The van der Waals surface area contributed by atoms with Crippen molar-refractivity contribution in [2.24, 2.45) is 5.73 Å². The zero-order chi connectivity index (χ0) is 36.0. The Labute approximate surface area is 280 Å². The number of pyridine rings is 1. The molecule has 0 aliphatic rings. The number of aromatic nitrogens is 1. The number of amidine groups is 1. The van der Waals surface area contributed by atoms with Gasteiger partial charge in [-0.25, -0.2) is 4.79 Å². The number of carbonyl (C=O) groups excluding carboxylic acids is 1. The number of nitrogens with two attached hydrogens (primary N) is 1. The van der Waals surface area contributed by atoms with Crippen molar-refractivity contribution in [1.29, 1.82) is 5.41 Å². The molecular formula is C34H37F3N6O6. The summed E-state index contributed by atoms with van der Waals surface area (Å²) in [6, 6.07) is 24.4. The molecule has 0 radical (unpaired) electrons. The number of rotatable bonds is 14. The molecule has 0 fully saturated rings. The first-order chi connectivity index (χ1) is 23.3. The van der Waals surface area contributed by atoms with Crippen molar-refractivity contribution in [3.63, 3.8) is 0 Å². The molecular weight excluding hydrogens is 645 g/mol. The first-order valence-electron chi connectivity index (χ1n) is 14.9. The molecule has 0 saturated heterocycles. The summed E-state index contributed by atoms with van der Waals surface area (Å²) in [7, 11) is 0. The molecule has 1 heterocycles. The van der Waals surface area contributed by atoms with Crippen LogP contribution in [0.25, 0.3) is 0 Å². The third kappa shape index (κ3) is 12.0. The topological polar surface area (TPSA) is 181 Å². The number of ether oxygens (including phenoxy) is 3. The number of hydrogen-bond donors (Lipinski definition) is 6. The minimum atomic E-state index is -5.08. The van der Waals surface area contributed by atoms with Gasteiger partial charge in [-0.15, -0.1) is 0 Å². The van der Waals surface area contributed by atoms with E-state index >= 15 is 0 Å². The number of carbonyl (C=O) groups is 2. The number of halogens is 3.